The molecule has 0 aliphatic carbocycles. The number of benzene rings is 1. The maximum atomic E-state index is 12.2. The molecule has 0 radical (unpaired) electrons. The van der Waals surface area contributed by atoms with Gasteiger partial charge in [0.15, 0.2) is 0 Å². The molecule has 0 aliphatic heterocycles. The first kappa shape index (κ1) is 17.6. The molecule has 2 aromatic rings. The maximum Gasteiger partial charge on any atom is 0.340 e. The van der Waals surface area contributed by atoms with Crippen molar-refractivity contribution >= 4 is 28.5 Å². The number of rotatable bonds is 4. The number of pyridine rings is 1. The van der Waals surface area contributed by atoms with Gasteiger partial charge < -0.3 is 4.74 Å². The van der Waals surface area contributed by atoms with Gasteiger partial charge in [0.05, 0.1) is 40.1 Å². The third-order valence-electron chi connectivity index (χ3n) is 3.52. The van der Waals surface area contributed by atoms with E-state index in [1.807, 2.05) is 0 Å². The van der Waals surface area contributed by atoms with Crippen LogP contribution in [0.1, 0.15) is 32.1 Å². The Morgan fingerprint density at radius 3 is 2.29 bits per heavy atom. The molecule has 124 valence electrons. The van der Waals surface area contributed by atoms with Crippen LogP contribution in [0, 0.1) is 24.0 Å². The zero-order valence-electron chi connectivity index (χ0n) is 13.1. The highest BCUT2D eigenvalue weighted by molar-refractivity contribution is 6.68. The van der Waals surface area contributed by atoms with Crippen molar-refractivity contribution in [3.63, 3.8) is 0 Å². The van der Waals surface area contributed by atoms with Crippen LogP contribution in [-0.2, 0) is 4.74 Å². The van der Waals surface area contributed by atoms with E-state index in [0.29, 0.717) is 0 Å². The molecule has 0 amide bonds. The second-order valence-electron chi connectivity index (χ2n) is 4.95. The summed E-state index contributed by atoms with van der Waals surface area (Å²) >= 11 is 5.67. The summed E-state index contributed by atoms with van der Waals surface area (Å²) in [5, 5.41) is 10.5. The normalized spacial score (nSPS) is 10.3. The van der Waals surface area contributed by atoms with Crippen LogP contribution in [0.4, 0.5) is 5.69 Å². The summed E-state index contributed by atoms with van der Waals surface area (Å²) in [7, 11) is 1.17. The van der Waals surface area contributed by atoms with Crippen molar-refractivity contribution in [3.8, 4) is 11.1 Å². The van der Waals surface area contributed by atoms with Gasteiger partial charge in [-0.15, -0.1) is 0 Å². The number of nitrogens with zero attached hydrogens (tertiary/aromatic N) is 2. The fourth-order valence-electron chi connectivity index (χ4n) is 2.56. The summed E-state index contributed by atoms with van der Waals surface area (Å²) in [6, 6.07) is 5.78. The van der Waals surface area contributed by atoms with E-state index < -0.39 is 16.1 Å². The zero-order valence-corrected chi connectivity index (χ0v) is 13.9. The number of aromatic nitrogens is 1. The number of nitro benzene ring substituents is 1. The van der Waals surface area contributed by atoms with Crippen LogP contribution >= 0.6 is 11.6 Å². The molecule has 0 N–H and O–H groups in total. The van der Waals surface area contributed by atoms with Gasteiger partial charge in [-0.2, -0.15) is 0 Å². The molecule has 0 aliphatic rings. The lowest BCUT2D eigenvalue weighted by molar-refractivity contribution is -0.384. The lowest BCUT2D eigenvalue weighted by atomic mass is 9.92. The molecule has 1 aromatic carbocycles. The first-order valence-electron chi connectivity index (χ1n) is 6.82. The van der Waals surface area contributed by atoms with Gasteiger partial charge in [0.2, 0.25) is 0 Å². The summed E-state index contributed by atoms with van der Waals surface area (Å²) in [6.45, 7) is 3.10. The Kier molecular flexibility index (Phi) is 4.94. The second-order valence-corrected chi connectivity index (χ2v) is 5.29. The Morgan fingerprint density at radius 2 is 1.75 bits per heavy atom. The van der Waals surface area contributed by atoms with Crippen molar-refractivity contribution < 1.29 is 19.2 Å². The van der Waals surface area contributed by atoms with E-state index in [0.717, 1.165) is 0 Å². The van der Waals surface area contributed by atoms with Crippen LogP contribution in [0.2, 0.25) is 0 Å². The largest absolute Gasteiger partial charge is 0.465 e. The van der Waals surface area contributed by atoms with E-state index in [9.17, 15) is 19.7 Å². The molecule has 7 nitrogen and oxygen atoms in total. The first-order valence-corrected chi connectivity index (χ1v) is 7.20. The number of hydrogen-bond donors (Lipinski definition) is 0. The number of esters is 1. The quantitative estimate of drug-likeness (QED) is 0.363. The number of carbonyl (C=O) groups is 2. The van der Waals surface area contributed by atoms with Gasteiger partial charge in [0.25, 0.3) is 10.9 Å². The topological polar surface area (TPSA) is 99.4 Å². The van der Waals surface area contributed by atoms with E-state index in [2.05, 4.69) is 4.98 Å². The Balaban J connectivity index is 3.03. The Hall–Kier alpha value is -2.80. The predicted octanol–water partition coefficient (Wildman–Crippen LogP) is 3.44. The van der Waals surface area contributed by atoms with Gasteiger partial charge in [0, 0.05) is 11.6 Å². The van der Waals surface area contributed by atoms with E-state index >= 15 is 0 Å². The fraction of sp³-hybridized carbons (Fsp3) is 0.188. The third-order valence-corrected chi connectivity index (χ3v) is 3.70. The van der Waals surface area contributed by atoms with Gasteiger partial charge >= 0.3 is 5.97 Å². The number of nitro groups is 1. The minimum absolute atomic E-state index is 0.0265. The molecule has 0 saturated carbocycles. The molecule has 2 rings (SSSR count). The van der Waals surface area contributed by atoms with Crippen LogP contribution in [-0.4, -0.2) is 28.2 Å². The third kappa shape index (κ3) is 2.98. The van der Waals surface area contributed by atoms with Gasteiger partial charge in [0.1, 0.15) is 0 Å². The van der Waals surface area contributed by atoms with Crippen molar-refractivity contribution in [2.75, 3.05) is 7.11 Å². The van der Waals surface area contributed by atoms with Crippen molar-refractivity contribution in [2.45, 2.75) is 13.8 Å². The minimum Gasteiger partial charge on any atom is -0.465 e. The van der Waals surface area contributed by atoms with Crippen molar-refractivity contribution in [3.05, 3.63) is 56.9 Å². The smallest absolute Gasteiger partial charge is 0.340 e. The number of para-hydroxylation sites is 1. The summed E-state index contributed by atoms with van der Waals surface area (Å²) < 4.78 is 4.75. The van der Waals surface area contributed by atoms with Crippen molar-refractivity contribution in [1.29, 1.82) is 0 Å². The highest BCUT2D eigenvalue weighted by Gasteiger charge is 2.29. The summed E-state index contributed by atoms with van der Waals surface area (Å²) in [5.41, 5.74) is 0.368. The highest BCUT2D eigenvalue weighted by atomic mass is 35.5. The molecular weight excluding hydrogens is 336 g/mol. The fourth-order valence-corrected chi connectivity index (χ4v) is 2.79. The average Bonchev–Trinajstić information content (AvgIpc) is 2.52. The SMILES string of the molecule is COC(=O)c1c(C)nc(C)c(C(=O)Cl)c1-c1ccccc1[N+](=O)[O-]. The molecule has 0 spiro atoms. The molecule has 0 unspecified atom stereocenters. The average molecular weight is 349 g/mol. The summed E-state index contributed by atoms with van der Waals surface area (Å²) in [6.07, 6.45) is 0. The zero-order chi connectivity index (χ0) is 18.0. The molecule has 0 atom stereocenters. The number of hydrogen-bond acceptors (Lipinski definition) is 6. The highest BCUT2D eigenvalue weighted by Crippen LogP contribution is 2.37. The molecular formula is C16H13ClN2O5. The molecule has 0 saturated heterocycles. The lowest BCUT2D eigenvalue weighted by Crippen LogP contribution is -2.14. The van der Waals surface area contributed by atoms with Gasteiger partial charge in [-0.1, -0.05) is 12.1 Å². The van der Waals surface area contributed by atoms with Crippen molar-refractivity contribution in [1.82, 2.24) is 4.98 Å². The minimum atomic E-state index is -0.863. The second kappa shape index (κ2) is 6.76. The van der Waals surface area contributed by atoms with E-state index in [1.54, 1.807) is 19.9 Å². The summed E-state index contributed by atoms with van der Waals surface area (Å²) in [4.78, 5) is 39.0. The Labute approximate surface area is 142 Å². The first-order chi connectivity index (χ1) is 11.3. The number of aryl methyl sites for hydroxylation is 2. The molecule has 1 heterocycles. The van der Waals surface area contributed by atoms with E-state index in [-0.39, 0.29) is 39.3 Å². The van der Waals surface area contributed by atoms with Crippen LogP contribution in [0.3, 0.4) is 0 Å². The predicted molar refractivity (Wildman–Crippen MR) is 87.3 cm³/mol. The Bertz CT molecular complexity index is 864. The maximum absolute atomic E-state index is 12.2. The number of carbonyl (C=O) groups excluding carboxylic acids is 2. The lowest BCUT2D eigenvalue weighted by Gasteiger charge is -2.16. The van der Waals surface area contributed by atoms with Crippen molar-refractivity contribution in [2.24, 2.45) is 0 Å². The Morgan fingerprint density at radius 1 is 1.17 bits per heavy atom. The molecule has 0 bridgehead atoms. The molecule has 1 aromatic heterocycles. The monoisotopic (exact) mass is 348 g/mol. The van der Waals surface area contributed by atoms with Crippen LogP contribution in [0.25, 0.3) is 11.1 Å². The van der Waals surface area contributed by atoms with E-state index in [1.165, 1.54) is 25.3 Å². The van der Waals surface area contributed by atoms with Crippen LogP contribution in [0.5, 0.6) is 0 Å². The van der Waals surface area contributed by atoms with Gasteiger partial charge in [-0.25, -0.2) is 4.79 Å². The standard InChI is InChI=1S/C16H13ClN2O5/c1-8-12(15(17)20)14(13(9(2)18-8)16(21)24-3)10-6-4-5-7-11(10)19(22)23/h4-7H,1-3H3. The number of methoxy groups -OCH3 is 1. The van der Waals surface area contributed by atoms with E-state index in [4.69, 9.17) is 16.3 Å². The van der Waals surface area contributed by atoms with Gasteiger partial charge in [-0.05, 0) is 31.5 Å². The molecule has 24 heavy (non-hydrogen) atoms. The number of ether oxygens (including phenoxy) is 1. The van der Waals surface area contributed by atoms with Gasteiger partial charge in [-0.3, -0.25) is 19.9 Å². The van der Waals surface area contributed by atoms with Crippen LogP contribution < -0.4 is 0 Å². The number of halogens is 1. The molecule has 0 fully saturated rings. The summed E-state index contributed by atoms with van der Waals surface area (Å²) in [5.74, 6) is -0.757. The molecule has 8 heteroatoms. The van der Waals surface area contributed by atoms with Crippen LogP contribution in [0.15, 0.2) is 24.3 Å².